The average molecular weight is 280 g/mol. The Morgan fingerprint density at radius 2 is 2.15 bits per heavy atom. The molecule has 112 valence electrons. The zero-order chi connectivity index (χ0) is 14.5. The largest absolute Gasteiger partial charge is 0.504 e. The van der Waals surface area contributed by atoms with Crippen LogP contribution in [0.1, 0.15) is 12.0 Å². The Bertz CT molecular complexity index is 439. The number of rotatable bonds is 5. The third-order valence-corrected chi connectivity index (χ3v) is 3.97. The van der Waals surface area contributed by atoms with Crippen molar-refractivity contribution in [3.05, 3.63) is 23.8 Å². The minimum absolute atomic E-state index is 0.186. The summed E-state index contributed by atoms with van der Waals surface area (Å²) in [6.07, 6.45) is 0.806. The van der Waals surface area contributed by atoms with Crippen molar-refractivity contribution in [2.24, 2.45) is 0 Å². The molecule has 0 bridgehead atoms. The van der Waals surface area contributed by atoms with Crippen LogP contribution in [0.4, 0.5) is 0 Å². The number of hydrogen-bond donors (Lipinski definition) is 2. The van der Waals surface area contributed by atoms with Crippen molar-refractivity contribution in [3.63, 3.8) is 0 Å². The van der Waals surface area contributed by atoms with Gasteiger partial charge >= 0.3 is 0 Å². The Morgan fingerprint density at radius 3 is 2.80 bits per heavy atom. The van der Waals surface area contributed by atoms with E-state index in [9.17, 15) is 5.11 Å². The van der Waals surface area contributed by atoms with Crippen LogP contribution < -0.4 is 4.74 Å². The summed E-state index contributed by atoms with van der Waals surface area (Å²) >= 11 is 0. The molecular weight excluding hydrogens is 256 g/mol. The summed E-state index contributed by atoms with van der Waals surface area (Å²) in [7, 11) is 3.66. The molecule has 1 aromatic carbocycles. The van der Waals surface area contributed by atoms with E-state index in [1.807, 2.05) is 6.07 Å². The van der Waals surface area contributed by atoms with Gasteiger partial charge in [0, 0.05) is 38.8 Å². The topological polar surface area (TPSA) is 56.2 Å². The molecule has 0 saturated carbocycles. The summed E-state index contributed by atoms with van der Waals surface area (Å²) in [5, 5.41) is 18.9. The third kappa shape index (κ3) is 3.62. The van der Waals surface area contributed by atoms with Crippen molar-refractivity contribution in [1.29, 1.82) is 0 Å². The number of aliphatic hydroxyl groups excluding tert-OH is 1. The molecule has 0 spiro atoms. The number of phenols is 1. The first-order valence-corrected chi connectivity index (χ1v) is 7.03. The highest BCUT2D eigenvalue weighted by Crippen LogP contribution is 2.27. The fourth-order valence-electron chi connectivity index (χ4n) is 2.71. The van der Waals surface area contributed by atoms with Crippen molar-refractivity contribution in [3.8, 4) is 11.5 Å². The van der Waals surface area contributed by atoms with Crippen LogP contribution in [0.5, 0.6) is 11.5 Å². The third-order valence-electron chi connectivity index (χ3n) is 3.97. The molecular formula is C15H24N2O3. The number of phenolic OH excluding ortho intramolecular Hbond substituents is 1. The van der Waals surface area contributed by atoms with Gasteiger partial charge in [0.25, 0.3) is 0 Å². The predicted octanol–water partition coefficient (Wildman–Crippen LogP) is 0.899. The summed E-state index contributed by atoms with van der Waals surface area (Å²) in [4.78, 5) is 4.67. The maximum absolute atomic E-state index is 9.81. The zero-order valence-corrected chi connectivity index (χ0v) is 12.2. The van der Waals surface area contributed by atoms with Gasteiger partial charge in [-0.2, -0.15) is 0 Å². The molecule has 5 nitrogen and oxygen atoms in total. The Balaban J connectivity index is 1.97. The number of likely N-dealkylation sites (N-methyl/N-ethyl adjacent to an activating group) is 1. The summed E-state index contributed by atoms with van der Waals surface area (Å²) in [6.45, 7) is 4.00. The number of hydrogen-bond acceptors (Lipinski definition) is 5. The van der Waals surface area contributed by atoms with E-state index in [2.05, 4.69) is 16.8 Å². The normalized spacial score (nSPS) is 21.1. The van der Waals surface area contributed by atoms with E-state index < -0.39 is 0 Å². The maximum atomic E-state index is 9.81. The lowest BCUT2D eigenvalue weighted by Gasteiger charge is -2.39. The molecule has 0 radical (unpaired) electrons. The van der Waals surface area contributed by atoms with E-state index in [0.717, 1.165) is 38.2 Å². The van der Waals surface area contributed by atoms with Gasteiger partial charge in [0.1, 0.15) is 0 Å². The molecule has 2 N–H and O–H groups in total. The monoisotopic (exact) mass is 280 g/mol. The number of aliphatic hydroxyl groups is 1. The van der Waals surface area contributed by atoms with Crippen LogP contribution >= 0.6 is 0 Å². The Labute approximate surface area is 120 Å². The number of ether oxygens (including phenoxy) is 1. The fourth-order valence-corrected chi connectivity index (χ4v) is 2.71. The molecule has 1 saturated heterocycles. The van der Waals surface area contributed by atoms with Gasteiger partial charge in [-0.15, -0.1) is 0 Å². The summed E-state index contributed by atoms with van der Waals surface area (Å²) < 4.78 is 5.05. The van der Waals surface area contributed by atoms with Crippen molar-refractivity contribution in [1.82, 2.24) is 9.80 Å². The molecule has 1 aliphatic rings. The van der Waals surface area contributed by atoms with E-state index in [0.29, 0.717) is 11.8 Å². The van der Waals surface area contributed by atoms with Crippen molar-refractivity contribution < 1.29 is 14.9 Å². The Hall–Kier alpha value is -1.30. The van der Waals surface area contributed by atoms with Gasteiger partial charge in [-0.25, -0.2) is 0 Å². The van der Waals surface area contributed by atoms with Gasteiger partial charge in [0.05, 0.1) is 7.11 Å². The van der Waals surface area contributed by atoms with Gasteiger partial charge in [0.15, 0.2) is 11.5 Å². The molecule has 0 amide bonds. The summed E-state index contributed by atoms with van der Waals surface area (Å²) in [5.74, 6) is 0.691. The van der Waals surface area contributed by atoms with Gasteiger partial charge in [-0.05, 0) is 31.2 Å². The molecule has 1 atom stereocenters. The number of aromatic hydroxyl groups is 1. The van der Waals surface area contributed by atoms with Crippen LogP contribution in [0.25, 0.3) is 0 Å². The fraction of sp³-hybridized carbons (Fsp3) is 0.600. The number of piperazine rings is 1. The van der Waals surface area contributed by atoms with Crippen molar-refractivity contribution in [2.45, 2.75) is 19.0 Å². The molecule has 2 rings (SSSR count). The van der Waals surface area contributed by atoms with Crippen LogP contribution in [0, 0.1) is 0 Å². The standard InChI is InChI=1S/C15H24N2O3/c1-16-6-7-17(11-13(16)5-8-18)10-12-3-4-15(20-2)14(19)9-12/h3-4,9,13,18-19H,5-8,10-11H2,1-2H3/t13-/m0/s1. The van der Waals surface area contributed by atoms with E-state index in [-0.39, 0.29) is 12.4 Å². The molecule has 20 heavy (non-hydrogen) atoms. The summed E-state index contributed by atoms with van der Waals surface area (Å²) in [5.41, 5.74) is 1.08. The molecule has 1 heterocycles. The van der Waals surface area contributed by atoms with Gasteiger partial charge in [-0.1, -0.05) is 6.07 Å². The SMILES string of the molecule is COc1ccc(CN2CCN(C)[C@@H](CCO)C2)cc1O. The number of nitrogens with zero attached hydrogens (tertiary/aromatic N) is 2. The van der Waals surface area contributed by atoms with Crippen LogP contribution in [-0.2, 0) is 6.54 Å². The second-order valence-electron chi connectivity index (χ2n) is 5.39. The van der Waals surface area contributed by atoms with Gasteiger partial charge in [-0.3, -0.25) is 4.90 Å². The highest BCUT2D eigenvalue weighted by atomic mass is 16.5. The molecule has 1 fully saturated rings. The van der Waals surface area contributed by atoms with E-state index in [1.54, 1.807) is 19.2 Å². The van der Waals surface area contributed by atoms with Crippen LogP contribution in [0.15, 0.2) is 18.2 Å². The zero-order valence-electron chi connectivity index (χ0n) is 12.2. The number of methoxy groups -OCH3 is 1. The van der Waals surface area contributed by atoms with Crippen LogP contribution in [-0.4, -0.2) is 66.5 Å². The minimum Gasteiger partial charge on any atom is -0.504 e. The highest BCUT2D eigenvalue weighted by Gasteiger charge is 2.23. The van der Waals surface area contributed by atoms with E-state index >= 15 is 0 Å². The molecule has 0 unspecified atom stereocenters. The molecule has 1 aromatic rings. The van der Waals surface area contributed by atoms with E-state index in [1.165, 1.54) is 0 Å². The molecule has 5 heteroatoms. The highest BCUT2D eigenvalue weighted by molar-refractivity contribution is 5.41. The van der Waals surface area contributed by atoms with Crippen molar-refractivity contribution in [2.75, 3.05) is 40.4 Å². The lowest BCUT2D eigenvalue weighted by atomic mass is 10.1. The molecule has 1 aliphatic heterocycles. The molecule has 0 aliphatic carbocycles. The first kappa shape index (κ1) is 15.1. The van der Waals surface area contributed by atoms with Crippen molar-refractivity contribution >= 4 is 0 Å². The van der Waals surface area contributed by atoms with Gasteiger partial charge in [0.2, 0.25) is 0 Å². The quantitative estimate of drug-likeness (QED) is 0.839. The lowest BCUT2D eigenvalue weighted by molar-refractivity contribution is 0.0742. The molecule has 0 aromatic heterocycles. The minimum atomic E-state index is 0.186. The van der Waals surface area contributed by atoms with Crippen LogP contribution in [0.2, 0.25) is 0 Å². The second-order valence-corrected chi connectivity index (χ2v) is 5.39. The van der Waals surface area contributed by atoms with E-state index in [4.69, 9.17) is 9.84 Å². The lowest BCUT2D eigenvalue weighted by Crippen LogP contribution is -2.51. The Morgan fingerprint density at radius 1 is 1.35 bits per heavy atom. The maximum Gasteiger partial charge on any atom is 0.160 e. The van der Waals surface area contributed by atoms with Gasteiger partial charge < -0.3 is 19.8 Å². The Kier molecular flexibility index (Phi) is 5.23. The summed E-state index contributed by atoms with van der Waals surface area (Å²) in [6, 6.07) is 5.95. The predicted molar refractivity (Wildman–Crippen MR) is 78.1 cm³/mol. The average Bonchev–Trinajstić information content (AvgIpc) is 2.43. The second kappa shape index (κ2) is 6.92. The number of benzene rings is 1. The smallest absolute Gasteiger partial charge is 0.160 e. The first-order chi connectivity index (χ1) is 9.63. The van der Waals surface area contributed by atoms with Crippen LogP contribution in [0.3, 0.4) is 0 Å². The first-order valence-electron chi connectivity index (χ1n) is 7.03.